The summed E-state index contributed by atoms with van der Waals surface area (Å²) >= 11 is 0. The molecule has 0 aromatic heterocycles. The van der Waals surface area contributed by atoms with Gasteiger partial charge in [-0.15, -0.1) is 0 Å². The van der Waals surface area contributed by atoms with Crippen LogP contribution in [0.3, 0.4) is 0 Å². The van der Waals surface area contributed by atoms with E-state index >= 15 is 0 Å². The van der Waals surface area contributed by atoms with Crippen molar-refractivity contribution in [2.24, 2.45) is 23.7 Å². The molecule has 3 rings (SSSR count). The third kappa shape index (κ3) is 2.74. The number of allylic oxidation sites excluding steroid dienone is 3. The largest absolute Gasteiger partial charge is 0.388 e. The van der Waals surface area contributed by atoms with Crippen molar-refractivity contribution in [2.75, 3.05) is 0 Å². The van der Waals surface area contributed by atoms with Gasteiger partial charge in [-0.3, -0.25) is 0 Å². The van der Waals surface area contributed by atoms with Gasteiger partial charge in [0.15, 0.2) is 0 Å². The first kappa shape index (κ1) is 14.4. The Labute approximate surface area is 124 Å². The van der Waals surface area contributed by atoms with Crippen LogP contribution in [-0.2, 0) is 0 Å². The molecule has 5 atom stereocenters. The average molecular weight is 274 g/mol. The van der Waals surface area contributed by atoms with E-state index in [2.05, 4.69) is 25.2 Å². The Hall–Kier alpha value is -0.560. The Morgan fingerprint density at radius 3 is 2.45 bits per heavy atom. The maximum absolute atomic E-state index is 10.6. The van der Waals surface area contributed by atoms with Gasteiger partial charge >= 0.3 is 0 Å². The number of hydrogen-bond acceptors (Lipinski definition) is 1. The molecule has 3 aliphatic carbocycles. The fourth-order valence-corrected chi connectivity index (χ4v) is 4.69. The van der Waals surface area contributed by atoms with E-state index in [0.29, 0.717) is 17.8 Å². The van der Waals surface area contributed by atoms with Crippen molar-refractivity contribution in [3.8, 4) is 0 Å². The first-order chi connectivity index (χ1) is 9.81. The average Bonchev–Trinajstić information content (AvgIpc) is 3.12. The Kier molecular flexibility index (Phi) is 4.65. The molecule has 0 unspecified atom stereocenters. The second-order valence-corrected chi connectivity index (χ2v) is 7.16. The quantitative estimate of drug-likeness (QED) is 0.495. The third-order valence-electron chi connectivity index (χ3n) is 5.80. The molecule has 0 aromatic carbocycles. The summed E-state index contributed by atoms with van der Waals surface area (Å²) in [6.45, 7) is 2.27. The third-order valence-corrected chi connectivity index (χ3v) is 5.80. The fourth-order valence-electron chi connectivity index (χ4n) is 4.69. The Morgan fingerprint density at radius 1 is 1.00 bits per heavy atom. The highest BCUT2D eigenvalue weighted by Crippen LogP contribution is 2.54. The van der Waals surface area contributed by atoms with E-state index in [-0.39, 0.29) is 6.10 Å². The topological polar surface area (TPSA) is 20.2 Å². The number of hydrogen-bond donors (Lipinski definition) is 1. The monoisotopic (exact) mass is 274 g/mol. The van der Waals surface area contributed by atoms with Crippen LogP contribution >= 0.6 is 0 Å². The standard InChI is InChI=1S/C19H30O/c1-2-3-4-5-6-7-8-9-16-13-17-14-10-11-15(12-14)18(17)19(16)20/h10-11,13-15,17-20H,2-9,12H2,1H3/t14-,15+,17-,18+,19+/m0/s1. The van der Waals surface area contributed by atoms with Gasteiger partial charge in [0.2, 0.25) is 0 Å². The summed E-state index contributed by atoms with van der Waals surface area (Å²) in [6.07, 6.45) is 19.0. The molecular formula is C19H30O. The lowest BCUT2D eigenvalue weighted by Crippen LogP contribution is -2.25. The predicted octanol–water partition coefficient (Wildman–Crippen LogP) is 4.87. The highest BCUT2D eigenvalue weighted by atomic mass is 16.3. The first-order valence-corrected chi connectivity index (χ1v) is 8.88. The number of fused-ring (bicyclic) bond motifs is 5. The highest BCUT2D eigenvalue weighted by Gasteiger charge is 2.50. The minimum Gasteiger partial charge on any atom is -0.388 e. The molecule has 20 heavy (non-hydrogen) atoms. The fraction of sp³-hybridized carbons (Fsp3) is 0.789. The normalized spacial score (nSPS) is 37.5. The molecule has 112 valence electrons. The molecule has 3 aliphatic rings. The van der Waals surface area contributed by atoms with Gasteiger partial charge in [-0.05, 0) is 42.6 Å². The number of aliphatic hydroxyl groups is 1. The van der Waals surface area contributed by atoms with E-state index in [0.717, 1.165) is 12.3 Å². The van der Waals surface area contributed by atoms with Crippen molar-refractivity contribution < 1.29 is 5.11 Å². The van der Waals surface area contributed by atoms with Gasteiger partial charge in [0.1, 0.15) is 0 Å². The lowest BCUT2D eigenvalue weighted by Gasteiger charge is -2.24. The molecule has 0 saturated heterocycles. The summed E-state index contributed by atoms with van der Waals surface area (Å²) < 4.78 is 0. The van der Waals surface area contributed by atoms with E-state index in [1.165, 1.54) is 56.9 Å². The summed E-state index contributed by atoms with van der Waals surface area (Å²) in [6, 6.07) is 0. The van der Waals surface area contributed by atoms with Gasteiger partial charge in [0.05, 0.1) is 6.10 Å². The molecule has 0 aromatic rings. The zero-order valence-corrected chi connectivity index (χ0v) is 12.9. The number of unbranched alkanes of at least 4 members (excludes halogenated alkanes) is 6. The molecule has 0 radical (unpaired) electrons. The van der Waals surface area contributed by atoms with Crippen molar-refractivity contribution in [3.05, 3.63) is 23.8 Å². The second kappa shape index (κ2) is 6.47. The van der Waals surface area contributed by atoms with Crippen LogP contribution in [0.5, 0.6) is 0 Å². The zero-order chi connectivity index (χ0) is 13.9. The van der Waals surface area contributed by atoms with Crippen LogP contribution in [0.2, 0.25) is 0 Å². The summed E-state index contributed by atoms with van der Waals surface area (Å²) in [5, 5.41) is 10.6. The van der Waals surface area contributed by atoms with E-state index in [4.69, 9.17) is 0 Å². The molecule has 1 fully saturated rings. The summed E-state index contributed by atoms with van der Waals surface area (Å²) in [5.41, 5.74) is 1.37. The van der Waals surface area contributed by atoms with Crippen molar-refractivity contribution in [1.82, 2.24) is 0 Å². The Morgan fingerprint density at radius 2 is 1.70 bits per heavy atom. The molecule has 0 amide bonds. The minimum absolute atomic E-state index is 0.125. The van der Waals surface area contributed by atoms with Crippen LogP contribution < -0.4 is 0 Å². The van der Waals surface area contributed by atoms with Gasteiger partial charge in [-0.2, -0.15) is 0 Å². The van der Waals surface area contributed by atoms with Crippen molar-refractivity contribution >= 4 is 0 Å². The molecule has 1 heteroatoms. The van der Waals surface area contributed by atoms with E-state index in [1.54, 1.807) is 0 Å². The van der Waals surface area contributed by atoms with E-state index in [1.807, 2.05) is 0 Å². The van der Waals surface area contributed by atoms with Crippen molar-refractivity contribution in [3.63, 3.8) is 0 Å². The molecule has 1 saturated carbocycles. The van der Waals surface area contributed by atoms with Crippen LogP contribution in [0.25, 0.3) is 0 Å². The lowest BCUT2D eigenvalue weighted by atomic mass is 9.84. The van der Waals surface area contributed by atoms with Crippen LogP contribution in [0.15, 0.2) is 23.8 Å². The van der Waals surface area contributed by atoms with E-state index < -0.39 is 0 Å². The minimum atomic E-state index is -0.125. The van der Waals surface area contributed by atoms with Gasteiger partial charge < -0.3 is 5.11 Å². The Bertz CT molecular complexity index is 381. The molecular weight excluding hydrogens is 244 g/mol. The molecule has 2 bridgehead atoms. The smallest absolute Gasteiger partial charge is 0.0789 e. The van der Waals surface area contributed by atoms with Crippen LogP contribution in [0.4, 0.5) is 0 Å². The van der Waals surface area contributed by atoms with E-state index in [9.17, 15) is 5.11 Å². The summed E-state index contributed by atoms with van der Waals surface area (Å²) in [5.74, 6) is 2.61. The predicted molar refractivity (Wildman–Crippen MR) is 84.4 cm³/mol. The molecule has 1 N–H and O–H groups in total. The molecule has 0 aliphatic heterocycles. The maximum Gasteiger partial charge on any atom is 0.0789 e. The van der Waals surface area contributed by atoms with Crippen LogP contribution in [-0.4, -0.2) is 11.2 Å². The highest BCUT2D eigenvalue weighted by molar-refractivity contribution is 5.30. The van der Waals surface area contributed by atoms with Gasteiger partial charge in [-0.25, -0.2) is 0 Å². The van der Waals surface area contributed by atoms with Gasteiger partial charge in [0.25, 0.3) is 0 Å². The maximum atomic E-state index is 10.6. The van der Waals surface area contributed by atoms with Gasteiger partial charge in [0, 0.05) is 5.92 Å². The first-order valence-electron chi connectivity index (χ1n) is 8.88. The van der Waals surface area contributed by atoms with Crippen molar-refractivity contribution in [1.29, 1.82) is 0 Å². The van der Waals surface area contributed by atoms with Gasteiger partial charge in [-0.1, -0.05) is 63.7 Å². The lowest BCUT2D eigenvalue weighted by molar-refractivity contribution is 0.121. The molecule has 0 spiro atoms. The molecule has 0 heterocycles. The van der Waals surface area contributed by atoms with Crippen molar-refractivity contribution in [2.45, 2.75) is 70.8 Å². The Balaban J connectivity index is 1.38. The summed E-state index contributed by atoms with van der Waals surface area (Å²) in [7, 11) is 0. The number of rotatable bonds is 8. The number of aliphatic hydroxyl groups excluding tert-OH is 1. The second-order valence-electron chi connectivity index (χ2n) is 7.16. The van der Waals surface area contributed by atoms with Crippen LogP contribution in [0.1, 0.15) is 64.7 Å². The molecule has 1 nitrogen and oxygen atoms in total. The summed E-state index contributed by atoms with van der Waals surface area (Å²) in [4.78, 5) is 0. The van der Waals surface area contributed by atoms with Crippen LogP contribution in [0, 0.1) is 23.7 Å². The zero-order valence-electron chi connectivity index (χ0n) is 12.9. The SMILES string of the molecule is CCCCCCCCCC1=C[C@@H]2[C@@H]([C@@H]3C=C[C@H]2C3)[C@@H]1O.